The van der Waals surface area contributed by atoms with Gasteiger partial charge in [-0.15, -0.1) is 0 Å². The average molecular weight is 189 g/mol. The molecule has 0 fully saturated rings. The first-order valence-corrected chi connectivity index (χ1v) is 4.41. The average Bonchev–Trinajstić information content (AvgIpc) is 2.17. The molecule has 4 nitrogen and oxygen atoms in total. The molecule has 0 atom stereocenters. The third kappa shape index (κ3) is 1.29. The number of benzene rings is 1. The lowest BCUT2D eigenvalue weighted by Crippen LogP contribution is -2.15. The van der Waals surface area contributed by atoms with E-state index in [1.165, 1.54) is 0 Å². The zero-order valence-electron chi connectivity index (χ0n) is 7.87. The van der Waals surface area contributed by atoms with Crippen LogP contribution in [0.1, 0.15) is 11.4 Å². The predicted octanol–water partition coefficient (Wildman–Crippen LogP) is 0.690. The number of hydrogen-bond acceptors (Lipinski definition) is 3. The minimum absolute atomic E-state index is 0.117. The Kier molecular flexibility index (Phi) is 2.05. The van der Waals surface area contributed by atoms with Gasteiger partial charge in [-0.1, -0.05) is 12.1 Å². The SMILES string of the molecule is Cc1cccc2nc(CN)[nH]c(=O)c12. The summed E-state index contributed by atoms with van der Waals surface area (Å²) in [5, 5.41) is 0.643. The number of aryl methyl sites for hydroxylation is 1. The molecule has 2 aromatic rings. The molecule has 0 unspecified atom stereocenters. The summed E-state index contributed by atoms with van der Waals surface area (Å²) in [6.07, 6.45) is 0. The molecular formula is C10H11N3O. The number of aromatic amines is 1. The third-order valence-corrected chi connectivity index (χ3v) is 2.18. The summed E-state index contributed by atoms with van der Waals surface area (Å²) in [5.41, 5.74) is 6.93. The molecule has 0 radical (unpaired) electrons. The summed E-state index contributed by atoms with van der Waals surface area (Å²) in [4.78, 5) is 18.5. The number of fused-ring (bicyclic) bond motifs is 1. The molecule has 14 heavy (non-hydrogen) atoms. The Balaban J connectivity index is 2.90. The highest BCUT2D eigenvalue weighted by molar-refractivity contribution is 5.80. The fourth-order valence-corrected chi connectivity index (χ4v) is 1.50. The van der Waals surface area contributed by atoms with E-state index in [9.17, 15) is 4.79 Å². The van der Waals surface area contributed by atoms with Gasteiger partial charge in [0.05, 0.1) is 17.4 Å². The van der Waals surface area contributed by atoms with Crippen LogP contribution < -0.4 is 11.3 Å². The van der Waals surface area contributed by atoms with Crippen LogP contribution in [-0.4, -0.2) is 9.97 Å². The number of hydrogen-bond donors (Lipinski definition) is 2. The molecule has 0 saturated heterocycles. The number of nitrogens with zero attached hydrogens (tertiary/aromatic N) is 1. The highest BCUT2D eigenvalue weighted by atomic mass is 16.1. The van der Waals surface area contributed by atoms with Crippen molar-refractivity contribution < 1.29 is 0 Å². The van der Waals surface area contributed by atoms with Gasteiger partial charge in [0.25, 0.3) is 5.56 Å². The number of rotatable bonds is 1. The Morgan fingerprint density at radius 1 is 1.50 bits per heavy atom. The standard InChI is InChI=1S/C10H11N3O/c1-6-3-2-4-7-9(6)10(14)13-8(5-11)12-7/h2-4H,5,11H2,1H3,(H,12,13,14). The highest BCUT2D eigenvalue weighted by Crippen LogP contribution is 2.10. The molecule has 0 spiro atoms. The smallest absolute Gasteiger partial charge is 0.259 e. The summed E-state index contributed by atoms with van der Waals surface area (Å²) in [6.45, 7) is 2.14. The van der Waals surface area contributed by atoms with Crippen molar-refractivity contribution in [3.05, 3.63) is 39.9 Å². The first-order chi connectivity index (χ1) is 6.72. The number of aromatic nitrogens is 2. The van der Waals surface area contributed by atoms with Crippen molar-refractivity contribution in [2.45, 2.75) is 13.5 Å². The summed E-state index contributed by atoms with van der Waals surface area (Å²) < 4.78 is 0. The van der Waals surface area contributed by atoms with Gasteiger partial charge in [0.2, 0.25) is 0 Å². The van der Waals surface area contributed by atoms with E-state index in [0.29, 0.717) is 16.7 Å². The number of nitrogens with one attached hydrogen (secondary N) is 1. The van der Waals surface area contributed by atoms with Crippen molar-refractivity contribution >= 4 is 10.9 Å². The highest BCUT2D eigenvalue weighted by Gasteiger charge is 2.04. The molecule has 3 N–H and O–H groups in total. The number of H-pyrrole nitrogens is 1. The largest absolute Gasteiger partial charge is 0.324 e. The van der Waals surface area contributed by atoms with Crippen LogP contribution in [0.4, 0.5) is 0 Å². The van der Waals surface area contributed by atoms with Crippen LogP contribution >= 0.6 is 0 Å². The van der Waals surface area contributed by atoms with Crippen molar-refractivity contribution in [2.24, 2.45) is 5.73 Å². The normalized spacial score (nSPS) is 10.7. The lowest BCUT2D eigenvalue weighted by Gasteiger charge is -2.02. The van der Waals surface area contributed by atoms with Gasteiger partial charge in [0.1, 0.15) is 5.82 Å². The quantitative estimate of drug-likeness (QED) is 0.693. The van der Waals surface area contributed by atoms with Gasteiger partial charge < -0.3 is 10.7 Å². The lowest BCUT2D eigenvalue weighted by molar-refractivity contribution is 0.912. The lowest BCUT2D eigenvalue weighted by atomic mass is 10.1. The zero-order valence-corrected chi connectivity index (χ0v) is 7.87. The maximum Gasteiger partial charge on any atom is 0.259 e. The van der Waals surface area contributed by atoms with E-state index in [0.717, 1.165) is 5.56 Å². The van der Waals surface area contributed by atoms with Gasteiger partial charge >= 0.3 is 0 Å². The molecule has 1 heterocycles. The maximum atomic E-state index is 11.6. The summed E-state index contributed by atoms with van der Waals surface area (Å²) >= 11 is 0. The van der Waals surface area contributed by atoms with Crippen molar-refractivity contribution in [2.75, 3.05) is 0 Å². The molecule has 1 aromatic carbocycles. The van der Waals surface area contributed by atoms with E-state index in [1.807, 2.05) is 25.1 Å². The van der Waals surface area contributed by atoms with Gasteiger partial charge in [-0.05, 0) is 18.6 Å². The van der Waals surface area contributed by atoms with Gasteiger partial charge in [-0.2, -0.15) is 0 Å². The van der Waals surface area contributed by atoms with Gasteiger partial charge in [-0.25, -0.2) is 4.98 Å². The Morgan fingerprint density at radius 2 is 2.29 bits per heavy atom. The van der Waals surface area contributed by atoms with Gasteiger partial charge in [0, 0.05) is 0 Å². The van der Waals surface area contributed by atoms with Crippen LogP contribution in [-0.2, 0) is 6.54 Å². The molecule has 0 saturated carbocycles. The van der Waals surface area contributed by atoms with Crippen molar-refractivity contribution in [3.8, 4) is 0 Å². The van der Waals surface area contributed by atoms with E-state index in [4.69, 9.17) is 5.73 Å². The van der Waals surface area contributed by atoms with Crippen LogP contribution in [0.2, 0.25) is 0 Å². The predicted molar refractivity (Wildman–Crippen MR) is 55.0 cm³/mol. The summed E-state index contributed by atoms with van der Waals surface area (Å²) in [7, 11) is 0. The van der Waals surface area contributed by atoms with E-state index >= 15 is 0 Å². The maximum absolute atomic E-state index is 11.6. The minimum Gasteiger partial charge on any atom is -0.324 e. The first-order valence-electron chi connectivity index (χ1n) is 4.41. The van der Waals surface area contributed by atoms with Crippen molar-refractivity contribution in [1.29, 1.82) is 0 Å². The van der Waals surface area contributed by atoms with E-state index < -0.39 is 0 Å². The second-order valence-electron chi connectivity index (χ2n) is 3.19. The molecule has 0 bridgehead atoms. The van der Waals surface area contributed by atoms with Crippen LogP contribution in [0.25, 0.3) is 10.9 Å². The van der Waals surface area contributed by atoms with E-state index in [-0.39, 0.29) is 12.1 Å². The second kappa shape index (κ2) is 3.23. The fraction of sp³-hybridized carbons (Fsp3) is 0.200. The zero-order chi connectivity index (χ0) is 10.1. The Bertz CT molecular complexity index is 530. The molecule has 4 heteroatoms. The van der Waals surface area contributed by atoms with E-state index in [1.54, 1.807) is 0 Å². The molecule has 0 aliphatic rings. The van der Waals surface area contributed by atoms with Crippen LogP contribution in [0, 0.1) is 6.92 Å². The van der Waals surface area contributed by atoms with Crippen LogP contribution in [0.3, 0.4) is 0 Å². The minimum atomic E-state index is -0.117. The monoisotopic (exact) mass is 189 g/mol. The molecular weight excluding hydrogens is 178 g/mol. The first kappa shape index (κ1) is 8.90. The van der Waals surface area contributed by atoms with Gasteiger partial charge in [0.15, 0.2) is 0 Å². The molecule has 0 amide bonds. The van der Waals surface area contributed by atoms with Crippen LogP contribution in [0.15, 0.2) is 23.0 Å². The fourth-order valence-electron chi connectivity index (χ4n) is 1.50. The Morgan fingerprint density at radius 3 is 3.00 bits per heavy atom. The number of nitrogens with two attached hydrogens (primary N) is 1. The topological polar surface area (TPSA) is 71.8 Å². The van der Waals surface area contributed by atoms with E-state index in [2.05, 4.69) is 9.97 Å². The summed E-state index contributed by atoms with van der Waals surface area (Å²) in [6, 6.07) is 5.59. The molecule has 0 aliphatic heterocycles. The van der Waals surface area contributed by atoms with Crippen molar-refractivity contribution in [3.63, 3.8) is 0 Å². The molecule has 0 aliphatic carbocycles. The Hall–Kier alpha value is -1.68. The molecule has 1 aromatic heterocycles. The van der Waals surface area contributed by atoms with Gasteiger partial charge in [-0.3, -0.25) is 4.79 Å². The molecule has 72 valence electrons. The molecule has 2 rings (SSSR count). The van der Waals surface area contributed by atoms with Crippen molar-refractivity contribution in [1.82, 2.24) is 9.97 Å². The summed E-state index contributed by atoms with van der Waals surface area (Å²) in [5.74, 6) is 0.521. The van der Waals surface area contributed by atoms with Crippen LogP contribution in [0.5, 0.6) is 0 Å². The third-order valence-electron chi connectivity index (χ3n) is 2.18. The second-order valence-corrected chi connectivity index (χ2v) is 3.19. The Labute approximate surface area is 80.8 Å².